The minimum Gasteiger partial charge on any atom is -0.339 e. The largest absolute Gasteiger partial charge is 0.416 e. The van der Waals surface area contributed by atoms with E-state index in [0.29, 0.717) is 33.9 Å². The Kier molecular flexibility index (Phi) is 5.83. The molecule has 2 atom stereocenters. The van der Waals surface area contributed by atoms with Gasteiger partial charge in [0.1, 0.15) is 11.9 Å². The number of halogens is 3. The van der Waals surface area contributed by atoms with Crippen LogP contribution in [0.25, 0.3) is 5.69 Å². The van der Waals surface area contributed by atoms with Crippen LogP contribution in [0.1, 0.15) is 38.7 Å². The predicted octanol–water partition coefficient (Wildman–Crippen LogP) is 5.08. The molecule has 0 saturated heterocycles. The highest BCUT2D eigenvalue weighted by atomic mass is 19.4. The van der Waals surface area contributed by atoms with E-state index in [0.717, 1.165) is 12.1 Å². The van der Waals surface area contributed by atoms with Gasteiger partial charge in [-0.2, -0.15) is 18.3 Å². The van der Waals surface area contributed by atoms with Gasteiger partial charge < -0.3 is 10.6 Å². The molecule has 4 aromatic rings. The number of benzene rings is 3. The molecule has 5 rings (SSSR count). The number of para-hydroxylation sites is 1. The molecule has 1 aromatic heterocycles. The molecule has 1 aliphatic rings. The third-order valence-corrected chi connectivity index (χ3v) is 6.20. The summed E-state index contributed by atoms with van der Waals surface area (Å²) in [4.78, 5) is 26.4. The van der Waals surface area contributed by atoms with Gasteiger partial charge in [0.2, 0.25) is 5.91 Å². The molecule has 0 unspecified atom stereocenters. The zero-order valence-electron chi connectivity index (χ0n) is 19.1. The van der Waals surface area contributed by atoms with Gasteiger partial charge in [0.15, 0.2) is 0 Å². The fraction of sp³-hybridized carbons (Fsp3) is 0.148. The molecule has 0 radical (unpaired) electrons. The lowest BCUT2D eigenvalue weighted by atomic mass is 9.81. The molecule has 2 N–H and O–H groups in total. The van der Waals surface area contributed by atoms with Gasteiger partial charge in [-0.1, -0.05) is 48.5 Å². The van der Waals surface area contributed by atoms with E-state index in [2.05, 4.69) is 15.7 Å². The topological polar surface area (TPSA) is 76.0 Å². The van der Waals surface area contributed by atoms with Gasteiger partial charge in [0, 0.05) is 17.0 Å². The Balaban J connectivity index is 1.63. The molecule has 1 aliphatic heterocycles. The second kappa shape index (κ2) is 8.99. The SMILES string of the molecule is Cc1nn(-c2ccccc2)c2c1[C@@H](c1ccc(C(F)(F)F)cc1)[C@H](NC(=O)c1ccccc1)C(=O)N2. The number of rotatable bonds is 4. The number of hydrogen-bond donors (Lipinski definition) is 2. The highest BCUT2D eigenvalue weighted by Gasteiger charge is 2.42. The molecule has 2 heterocycles. The van der Waals surface area contributed by atoms with E-state index in [1.165, 1.54) is 12.1 Å². The summed E-state index contributed by atoms with van der Waals surface area (Å²) in [5, 5.41) is 10.3. The first-order valence-corrected chi connectivity index (χ1v) is 11.2. The number of carbonyl (C=O) groups is 2. The number of anilines is 1. The van der Waals surface area contributed by atoms with E-state index in [-0.39, 0.29) is 0 Å². The summed E-state index contributed by atoms with van der Waals surface area (Å²) in [7, 11) is 0. The van der Waals surface area contributed by atoms with Crippen molar-refractivity contribution in [1.29, 1.82) is 0 Å². The number of aromatic nitrogens is 2. The third-order valence-electron chi connectivity index (χ3n) is 6.20. The Hall–Kier alpha value is -4.40. The zero-order chi connectivity index (χ0) is 25.4. The molecule has 6 nitrogen and oxygen atoms in total. The summed E-state index contributed by atoms with van der Waals surface area (Å²) in [6.45, 7) is 1.77. The minimum absolute atomic E-state index is 0.360. The van der Waals surface area contributed by atoms with Crippen molar-refractivity contribution in [2.24, 2.45) is 0 Å². The van der Waals surface area contributed by atoms with E-state index in [1.807, 2.05) is 30.3 Å². The number of amides is 2. The van der Waals surface area contributed by atoms with Crippen molar-refractivity contribution in [1.82, 2.24) is 15.1 Å². The van der Waals surface area contributed by atoms with Crippen LogP contribution < -0.4 is 10.6 Å². The number of hydrogen-bond acceptors (Lipinski definition) is 3. The van der Waals surface area contributed by atoms with Gasteiger partial charge in [-0.25, -0.2) is 4.68 Å². The minimum atomic E-state index is -4.50. The lowest BCUT2D eigenvalue weighted by Gasteiger charge is -2.33. The Morgan fingerprint density at radius 2 is 1.56 bits per heavy atom. The first kappa shape index (κ1) is 23.3. The van der Waals surface area contributed by atoms with Crippen molar-refractivity contribution in [3.8, 4) is 5.69 Å². The summed E-state index contributed by atoms with van der Waals surface area (Å²) in [5.41, 5.74) is 1.93. The number of fused-ring (bicyclic) bond motifs is 1. The maximum Gasteiger partial charge on any atom is 0.416 e. The Morgan fingerprint density at radius 1 is 0.944 bits per heavy atom. The van der Waals surface area contributed by atoms with Crippen molar-refractivity contribution in [2.75, 3.05) is 5.32 Å². The zero-order valence-corrected chi connectivity index (χ0v) is 19.1. The number of aryl methyl sites for hydroxylation is 1. The van der Waals surface area contributed by atoms with Crippen molar-refractivity contribution >= 4 is 17.6 Å². The van der Waals surface area contributed by atoms with Gasteiger partial charge >= 0.3 is 6.18 Å². The molecule has 0 aliphatic carbocycles. The quantitative estimate of drug-likeness (QED) is 0.419. The maximum atomic E-state index is 13.4. The Bertz CT molecular complexity index is 1420. The molecule has 0 fully saturated rings. The number of alkyl halides is 3. The molecule has 3 aromatic carbocycles. The van der Waals surface area contributed by atoms with E-state index in [1.54, 1.807) is 41.9 Å². The molecule has 182 valence electrons. The van der Waals surface area contributed by atoms with Crippen molar-refractivity contribution in [3.05, 3.63) is 113 Å². The molecule has 36 heavy (non-hydrogen) atoms. The predicted molar refractivity (Wildman–Crippen MR) is 128 cm³/mol. The van der Waals surface area contributed by atoms with Crippen LogP contribution in [0.3, 0.4) is 0 Å². The fourth-order valence-electron chi connectivity index (χ4n) is 4.50. The molecule has 0 saturated carbocycles. The first-order chi connectivity index (χ1) is 17.2. The highest BCUT2D eigenvalue weighted by molar-refractivity contribution is 6.04. The van der Waals surface area contributed by atoms with Gasteiger partial charge in [-0.15, -0.1) is 0 Å². The number of nitrogens with zero attached hydrogens (tertiary/aromatic N) is 2. The van der Waals surface area contributed by atoms with Crippen molar-refractivity contribution in [3.63, 3.8) is 0 Å². The summed E-state index contributed by atoms with van der Waals surface area (Å²) in [5.74, 6) is -1.31. The van der Waals surface area contributed by atoms with Crippen LogP contribution in [0.5, 0.6) is 0 Å². The molecular formula is C27H21F3N4O2. The van der Waals surface area contributed by atoms with Crippen molar-refractivity contribution < 1.29 is 22.8 Å². The second-order valence-corrected chi connectivity index (χ2v) is 8.50. The lowest BCUT2D eigenvalue weighted by molar-refractivity contribution is -0.137. The first-order valence-electron chi connectivity index (χ1n) is 11.2. The molecule has 9 heteroatoms. The van der Waals surface area contributed by atoms with Gasteiger partial charge in [0.05, 0.1) is 16.9 Å². The van der Waals surface area contributed by atoms with Crippen molar-refractivity contribution in [2.45, 2.75) is 25.1 Å². The third kappa shape index (κ3) is 4.24. The van der Waals surface area contributed by atoms with E-state index in [4.69, 9.17) is 0 Å². The Morgan fingerprint density at radius 3 is 2.17 bits per heavy atom. The lowest BCUT2D eigenvalue weighted by Crippen LogP contribution is -2.50. The smallest absolute Gasteiger partial charge is 0.339 e. The van der Waals surface area contributed by atoms with Crippen LogP contribution in [0.15, 0.2) is 84.9 Å². The monoisotopic (exact) mass is 490 g/mol. The van der Waals surface area contributed by atoms with E-state index in [9.17, 15) is 22.8 Å². The van der Waals surface area contributed by atoms with E-state index < -0.39 is 35.5 Å². The molecule has 0 spiro atoms. The van der Waals surface area contributed by atoms with Gasteiger partial charge in [-0.05, 0) is 48.9 Å². The van der Waals surface area contributed by atoms with E-state index >= 15 is 0 Å². The summed E-state index contributed by atoms with van der Waals surface area (Å²) in [6, 6.07) is 21.2. The number of carbonyl (C=O) groups excluding carboxylic acids is 2. The highest BCUT2D eigenvalue weighted by Crippen LogP contribution is 2.41. The van der Waals surface area contributed by atoms with Crippen LogP contribution in [-0.4, -0.2) is 27.6 Å². The number of nitrogens with one attached hydrogen (secondary N) is 2. The normalized spacial score (nSPS) is 17.3. The van der Waals surface area contributed by atoms with Crippen LogP contribution in [0, 0.1) is 6.92 Å². The summed E-state index contributed by atoms with van der Waals surface area (Å²) < 4.78 is 41.3. The standard InChI is InChI=1S/C27H21F3N4O2/c1-16-21-22(17-12-14-19(15-13-17)27(28,29)30)23(31-25(35)18-8-4-2-5-9-18)26(36)32-24(21)34(33-16)20-10-6-3-7-11-20/h2-15,22-23H,1H3,(H,31,35)(H,32,36)/t22-,23+/m1/s1. The summed E-state index contributed by atoms with van der Waals surface area (Å²) >= 11 is 0. The molecule has 0 bridgehead atoms. The van der Waals surface area contributed by atoms with Gasteiger partial charge in [-0.3, -0.25) is 9.59 Å². The maximum absolute atomic E-state index is 13.4. The fourth-order valence-corrected chi connectivity index (χ4v) is 4.50. The summed E-state index contributed by atoms with van der Waals surface area (Å²) in [6.07, 6.45) is -4.50. The van der Waals surface area contributed by atoms with Crippen LogP contribution in [0.4, 0.5) is 19.0 Å². The van der Waals surface area contributed by atoms with Crippen LogP contribution in [0.2, 0.25) is 0 Å². The van der Waals surface area contributed by atoms with Gasteiger partial charge in [0.25, 0.3) is 5.91 Å². The van der Waals surface area contributed by atoms with Crippen LogP contribution in [-0.2, 0) is 11.0 Å². The average molecular weight is 490 g/mol. The van der Waals surface area contributed by atoms with Crippen LogP contribution >= 0.6 is 0 Å². The Labute approximate surface area is 204 Å². The second-order valence-electron chi connectivity index (χ2n) is 8.50. The molecular weight excluding hydrogens is 469 g/mol. The average Bonchev–Trinajstić information content (AvgIpc) is 3.20. The molecule has 2 amide bonds.